The number of amides is 1. The van der Waals surface area contributed by atoms with Crippen molar-refractivity contribution in [1.82, 2.24) is 9.97 Å². The van der Waals surface area contributed by atoms with Gasteiger partial charge in [-0.15, -0.1) is 0 Å². The SMILES string of the molecule is Cc1cc(C)nc(NS(=O)(=O)c2ccc(NC(=O)CC[C@H]3COc4ccccc4O3)cc2)n1. The Morgan fingerprint density at radius 1 is 1.03 bits per heavy atom. The number of para-hydroxylation sites is 2. The largest absolute Gasteiger partial charge is 0.486 e. The van der Waals surface area contributed by atoms with Crippen LogP contribution in [0.1, 0.15) is 24.2 Å². The number of hydrogen-bond donors (Lipinski definition) is 2. The van der Waals surface area contributed by atoms with Crippen LogP contribution in [0.15, 0.2) is 59.5 Å². The molecule has 0 unspecified atom stereocenters. The van der Waals surface area contributed by atoms with E-state index in [1.165, 1.54) is 24.3 Å². The molecule has 2 N–H and O–H groups in total. The number of carbonyl (C=O) groups is 1. The first-order valence-electron chi connectivity index (χ1n) is 10.4. The van der Waals surface area contributed by atoms with Crippen LogP contribution in [0.3, 0.4) is 0 Å². The third kappa shape index (κ3) is 5.78. The van der Waals surface area contributed by atoms with E-state index in [-0.39, 0.29) is 29.3 Å². The molecule has 1 atom stereocenters. The second kappa shape index (κ2) is 9.45. The molecule has 0 fully saturated rings. The minimum Gasteiger partial charge on any atom is -0.486 e. The van der Waals surface area contributed by atoms with E-state index < -0.39 is 10.0 Å². The fourth-order valence-corrected chi connectivity index (χ4v) is 4.33. The maximum atomic E-state index is 12.6. The molecule has 1 aromatic heterocycles. The Bertz CT molecular complexity index is 1240. The molecule has 2 aromatic carbocycles. The lowest BCUT2D eigenvalue weighted by molar-refractivity contribution is -0.116. The van der Waals surface area contributed by atoms with Gasteiger partial charge in [-0.1, -0.05) is 12.1 Å². The van der Waals surface area contributed by atoms with Crippen molar-refractivity contribution in [3.63, 3.8) is 0 Å². The highest BCUT2D eigenvalue weighted by molar-refractivity contribution is 7.92. The van der Waals surface area contributed by atoms with Crippen LogP contribution in [0.5, 0.6) is 11.5 Å². The molecule has 2 heterocycles. The van der Waals surface area contributed by atoms with Crippen molar-refractivity contribution in [2.24, 2.45) is 0 Å². The summed E-state index contributed by atoms with van der Waals surface area (Å²) in [6.45, 7) is 3.90. The van der Waals surface area contributed by atoms with Crippen LogP contribution in [-0.2, 0) is 14.8 Å². The van der Waals surface area contributed by atoms with Crippen LogP contribution >= 0.6 is 0 Å². The number of ether oxygens (including phenoxy) is 2. The Hall–Kier alpha value is -3.66. The van der Waals surface area contributed by atoms with Crippen LogP contribution in [0.25, 0.3) is 0 Å². The molecule has 33 heavy (non-hydrogen) atoms. The number of nitrogens with zero attached hydrogens (tertiary/aromatic N) is 2. The molecule has 0 saturated heterocycles. The van der Waals surface area contributed by atoms with Crippen molar-refractivity contribution >= 4 is 27.6 Å². The molecule has 1 amide bonds. The van der Waals surface area contributed by atoms with Gasteiger partial charge in [-0.05, 0) is 62.7 Å². The zero-order valence-electron chi connectivity index (χ0n) is 18.2. The van der Waals surface area contributed by atoms with Crippen molar-refractivity contribution in [2.75, 3.05) is 16.6 Å². The van der Waals surface area contributed by atoms with Gasteiger partial charge in [-0.25, -0.2) is 23.1 Å². The van der Waals surface area contributed by atoms with Crippen molar-refractivity contribution in [1.29, 1.82) is 0 Å². The number of anilines is 2. The first-order valence-corrected chi connectivity index (χ1v) is 11.9. The molecule has 0 spiro atoms. The average Bonchev–Trinajstić information content (AvgIpc) is 2.77. The van der Waals surface area contributed by atoms with Gasteiger partial charge in [0, 0.05) is 23.5 Å². The zero-order valence-corrected chi connectivity index (χ0v) is 19.1. The molecular formula is C23H24N4O5S. The number of aromatic nitrogens is 2. The first kappa shape index (κ1) is 22.5. The number of aryl methyl sites for hydroxylation is 2. The van der Waals surface area contributed by atoms with Crippen LogP contribution < -0.4 is 19.5 Å². The summed E-state index contributed by atoms with van der Waals surface area (Å²) in [5, 5.41) is 2.77. The summed E-state index contributed by atoms with van der Waals surface area (Å²) in [5.74, 6) is 1.19. The lowest BCUT2D eigenvalue weighted by atomic mass is 10.1. The van der Waals surface area contributed by atoms with E-state index in [4.69, 9.17) is 9.47 Å². The maximum Gasteiger partial charge on any atom is 0.264 e. The monoisotopic (exact) mass is 468 g/mol. The van der Waals surface area contributed by atoms with E-state index in [9.17, 15) is 13.2 Å². The van der Waals surface area contributed by atoms with Gasteiger partial charge in [0.2, 0.25) is 11.9 Å². The summed E-state index contributed by atoms with van der Waals surface area (Å²) in [6.07, 6.45) is 0.519. The predicted octanol–water partition coefficient (Wildman–Crippen LogP) is 3.45. The number of rotatable bonds is 7. The number of hydrogen-bond acceptors (Lipinski definition) is 7. The molecule has 0 bridgehead atoms. The first-order chi connectivity index (χ1) is 15.8. The Morgan fingerprint density at radius 2 is 1.70 bits per heavy atom. The van der Waals surface area contributed by atoms with Crippen molar-refractivity contribution in [3.05, 3.63) is 66.0 Å². The van der Waals surface area contributed by atoms with Gasteiger partial charge in [-0.3, -0.25) is 4.79 Å². The molecule has 10 heteroatoms. The molecule has 0 saturated carbocycles. The van der Waals surface area contributed by atoms with E-state index >= 15 is 0 Å². The highest BCUT2D eigenvalue weighted by Crippen LogP contribution is 2.31. The fraction of sp³-hybridized carbons (Fsp3) is 0.261. The molecule has 9 nitrogen and oxygen atoms in total. The van der Waals surface area contributed by atoms with Crippen LogP contribution in [0.4, 0.5) is 11.6 Å². The van der Waals surface area contributed by atoms with E-state index in [2.05, 4.69) is 20.0 Å². The minimum atomic E-state index is -3.86. The molecule has 1 aliphatic rings. The Kier molecular flexibility index (Phi) is 6.45. The van der Waals surface area contributed by atoms with Crippen molar-refractivity contribution in [3.8, 4) is 11.5 Å². The molecule has 0 aliphatic carbocycles. The standard InChI is InChI=1S/C23H24N4O5S/c1-15-13-16(2)25-23(24-15)27-33(29,30)19-10-7-17(8-11-19)26-22(28)12-9-18-14-31-20-5-3-4-6-21(20)32-18/h3-8,10-11,13,18H,9,12,14H2,1-2H3,(H,26,28)(H,24,25,27)/t18-/m0/s1. The quantitative estimate of drug-likeness (QED) is 0.545. The minimum absolute atomic E-state index is 0.0152. The summed E-state index contributed by atoms with van der Waals surface area (Å²) >= 11 is 0. The number of fused-ring (bicyclic) bond motifs is 1. The van der Waals surface area contributed by atoms with Crippen molar-refractivity contribution in [2.45, 2.75) is 37.7 Å². The van der Waals surface area contributed by atoms with Crippen LogP contribution in [0, 0.1) is 13.8 Å². The van der Waals surface area contributed by atoms with Crippen LogP contribution in [0.2, 0.25) is 0 Å². The van der Waals surface area contributed by atoms with Gasteiger partial charge in [0.15, 0.2) is 11.5 Å². The highest BCUT2D eigenvalue weighted by Gasteiger charge is 2.21. The lowest BCUT2D eigenvalue weighted by Crippen LogP contribution is -2.30. The molecule has 172 valence electrons. The predicted molar refractivity (Wildman–Crippen MR) is 123 cm³/mol. The van der Waals surface area contributed by atoms with Gasteiger partial charge in [0.25, 0.3) is 10.0 Å². The summed E-state index contributed by atoms with van der Waals surface area (Å²) < 4.78 is 39.1. The summed E-state index contributed by atoms with van der Waals surface area (Å²) in [7, 11) is -3.86. The fourth-order valence-electron chi connectivity index (χ4n) is 3.39. The molecule has 1 aliphatic heterocycles. The molecule has 3 aromatic rings. The van der Waals surface area contributed by atoms with E-state index in [1.807, 2.05) is 24.3 Å². The molecule has 4 rings (SSSR count). The summed E-state index contributed by atoms with van der Waals surface area (Å²) in [4.78, 5) is 20.6. The Balaban J connectivity index is 1.31. The molecular weight excluding hydrogens is 444 g/mol. The normalized spacial score (nSPS) is 15.0. The van der Waals surface area contributed by atoms with Gasteiger partial charge in [0.1, 0.15) is 12.7 Å². The lowest BCUT2D eigenvalue weighted by Gasteiger charge is -2.26. The second-order valence-electron chi connectivity index (χ2n) is 7.69. The Morgan fingerprint density at radius 3 is 2.39 bits per heavy atom. The highest BCUT2D eigenvalue weighted by atomic mass is 32.2. The number of benzene rings is 2. The van der Waals surface area contributed by atoms with Crippen LogP contribution in [-0.4, -0.2) is 37.0 Å². The van der Waals surface area contributed by atoms with E-state index in [0.29, 0.717) is 41.6 Å². The second-order valence-corrected chi connectivity index (χ2v) is 9.37. The Labute approximate surface area is 192 Å². The smallest absolute Gasteiger partial charge is 0.264 e. The van der Waals surface area contributed by atoms with Gasteiger partial charge < -0.3 is 14.8 Å². The summed E-state index contributed by atoms with van der Waals surface area (Å²) in [5.41, 5.74) is 1.81. The number of carbonyl (C=O) groups excluding carboxylic acids is 1. The molecule has 0 radical (unpaired) electrons. The summed E-state index contributed by atoms with van der Waals surface area (Å²) in [6, 6.07) is 15.1. The van der Waals surface area contributed by atoms with Gasteiger partial charge >= 0.3 is 0 Å². The topological polar surface area (TPSA) is 120 Å². The zero-order chi connectivity index (χ0) is 23.4. The third-order valence-corrected chi connectivity index (χ3v) is 6.26. The van der Waals surface area contributed by atoms with E-state index in [1.54, 1.807) is 19.9 Å². The third-order valence-electron chi connectivity index (χ3n) is 4.92. The number of nitrogens with one attached hydrogen (secondary N) is 2. The van der Waals surface area contributed by atoms with E-state index in [0.717, 1.165) is 0 Å². The maximum absolute atomic E-state index is 12.6. The van der Waals surface area contributed by atoms with Gasteiger partial charge in [0.05, 0.1) is 4.90 Å². The average molecular weight is 469 g/mol. The number of sulfonamides is 1. The van der Waals surface area contributed by atoms with Crippen molar-refractivity contribution < 1.29 is 22.7 Å². The van der Waals surface area contributed by atoms with Gasteiger partial charge in [-0.2, -0.15) is 0 Å².